The third kappa shape index (κ3) is 5.05. The summed E-state index contributed by atoms with van der Waals surface area (Å²) < 4.78 is 6.38. The summed E-state index contributed by atoms with van der Waals surface area (Å²) >= 11 is 3.30. The summed E-state index contributed by atoms with van der Waals surface area (Å²) in [5, 5.41) is 11.3. The molecule has 3 aromatic carbocycles. The van der Waals surface area contributed by atoms with Crippen LogP contribution in [-0.2, 0) is 16.2 Å². The molecule has 2 N–H and O–H groups in total. The predicted molar refractivity (Wildman–Crippen MR) is 127 cm³/mol. The van der Waals surface area contributed by atoms with E-state index in [-0.39, 0.29) is 17.7 Å². The molecule has 0 saturated carbocycles. The molecule has 1 aliphatic heterocycles. The summed E-state index contributed by atoms with van der Waals surface area (Å²) in [6.07, 6.45) is 1.40. The summed E-state index contributed by atoms with van der Waals surface area (Å²) in [6.45, 7) is 0.173. The van der Waals surface area contributed by atoms with Crippen molar-refractivity contribution in [3.05, 3.63) is 99.5 Å². The van der Waals surface area contributed by atoms with E-state index in [1.807, 2.05) is 0 Å². The van der Waals surface area contributed by atoms with E-state index >= 15 is 0 Å². The minimum atomic E-state index is -1.01. The van der Waals surface area contributed by atoms with Gasteiger partial charge in [0.2, 0.25) is 0 Å². The third-order valence-corrected chi connectivity index (χ3v) is 5.43. The molecule has 0 radical (unpaired) electrons. The molecule has 1 fully saturated rings. The zero-order valence-corrected chi connectivity index (χ0v) is 19.1. The molecule has 170 valence electrons. The molecule has 9 heteroatoms. The van der Waals surface area contributed by atoms with Gasteiger partial charge in [0.15, 0.2) is 0 Å². The van der Waals surface area contributed by atoms with Crippen molar-refractivity contribution < 1.29 is 29.0 Å². The minimum absolute atomic E-state index is 0.173. The van der Waals surface area contributed by atoms with Crippen LogP contribution in [0.15, 0.2) is 82.8 Å². The molecule has 0 unspecified atom stereocenters. The molecule has 1 heterocycles. The molecule has 0 bridgehead atoms. The van der Waals surface area contributed by atoms with Crippen molar-refractivity contribution in [2.24, 2.45) is 0 Å². The maximum atomic E-state index is 13.0. The number of hydrogen-bond donors (Lipinski definition) is 2. The first-order chi connectivity index (χ1) is 16.3. The Labute approximate surface area is 202 Å². The van der Waals surface area contributed by atoms with Gasteiger partial charge in [0.05, 0.1) is 11.3 Å². The predicted octanol–water partition coefficient (Wildman–Crippen LogP) is 4.39. The van der Waals surface area contributed by atoms with Crippen LogP contribution in [0.4, 0.5) is 10.5 Å². The maximum absolute atomic E-state index is 13.0. The molecule has 3 aromatic rings. The molecule has 0 aromatic heterocycles. The van der Waals surface area contributed by atoms with Crippen LogP contribution in [0, 0.1) is 0 Å². The average molecular weight is 521 g/mol. The van der Waals surface area contributed by atoms with Gasteiger partial charge in [-0.15, -0.1) is 0 Å². The topological polar surface area (TPSA) is 113 Å². The Morgan fingerprint density at radius 2 is 1.74 bits per heavy atom. The molecule has 4 amide bonds. The lowest BCUT2D eigenvalue weighted by atomic mass is 10.1. The largest absolute Gasteiger partial charge is 0.489 e. The first-order valence-corrected chi connectivity index (χ1v) is 10.8. The number of carboxylic acids is 1. The number of halogens is 1. The number of carboxylic acid groups (broad SMARTS) is 1. The van der Waals surface area contributed by atoms with Crippen LogP contribution < -0.4 is 15.0 Å². The van der Waals surface area contributed by atoms with Gasteiger partial charge in [-0.3, -0.25) is 14.9 Å². The average Bonchev–Trinajstić information content (AvgIpc) is 2.81. The van der Waals surface area contributed by atoms with Gasteiger partial charge in [-0.2, -0.15) is 0 Å². The van der Waals surface area contributed by atoms with Gasteiger partial charge < -0.3 is 9.84 Å². The number of hydrogen-bond acceptors (Lipinski definition) is 5. The summed E-state index contributed by atoms with van der Waals surface area (Å²) in [5.41, 5.74) is 1.58. The van der Waals surface area contributed by atoms with Crippen molar-refractivity contribution in [3.8, 4) is 5.75 Å². The SMILES string of the molecule is O=C1NC(=O)N(c2cccc(Br)c2)C(=O)/C1=C/c1ccc(OCc2cccc(C(=O)O)c2)cc1. The summed E-state index contributed by atoms with van der Waals surface area (Å²) in [6, 6.07) is 18.9. The number of carbonyl (C=O) groups excluding carboxylic acids is 3. The molecule has 0 spiro atoms. The smallest absolute Gasteiger partial charge is 0.335 e. The van der Waals surface area contributed by atoms with Crippen LogP contribution in [0.3, 0.4) is 0 Å². The van der Waals surface area contributed by atoms with Crippen molar-refractivity contribution >= 4 is 51.5 Å². The van der Waals surface area contributed by atoms with Crippen LogP contribution in [0.2, 0.25) is 0 Å². The van der Waals surface area contributed by atoms with E-state index in [4.69, 9.17) is 9.84 Å². The number of ether oxygens (including phenoxy) is 1. The van der Waals surface area contributed by atoms with Crippen LogP contribution in [0.25, 0.3) is 6.08 Å². The second kappa shape index (κ2) is 9.72. The van der Waals surface area contributed by atoms with Crippen LogP contribution in [0.5, 0.6) is 5.75 Å². The van der Waals surface area contributed by atoms with Crippen LogP contribution in [0.1, 0.15) is 21.5 Å². The molecule has 0 atom stereocenters. The van der Waals surface area contributed by atoms with E-state index in [2.05, 4.69) is 21.2 Å². The number of anilines is 1. The van der Waals surface area contributed by atoms with Crippen LogP contribution >= 0.6 is 15.9 Å². The van der Waals surface area contributed by atoms with Crippen LogP contribution in [-0.4, -0.2) is 28.9 Å². The number of aromatic carboxylic acids is 1. The monoisotopic (exact) mass is 520 g/mol. The second-order valence-electron chi connectivity index (χ2n) is 7.30. The first-order valence-electron chi connectivity index (χ1n) is 10.0. The lowest BCUT2D eigenvalue weighted by molar-refractivity contribution is -0.122. The fourth-order valence-corrected chi connectivity index (χ4v) is 3.68. The fraction of sp³-hybridized carbons (Fsp3) is 0.0400. The number of nitrogens with zero attached hydrogens (tertiary/aromatic N) is 1. The molecule has 1 aliphatic rings. The zero-order chi connectivity index (χ0) is 24.2. The number of amides is 4. The van der Waals surface area contributed by atoms with Gasteiger partial charge in [0, 0.05) is 4.47 Å². The van der Waals surface area contributed by atoms with Crippen molar-refractivity contribution in [1.29, 1.82) is 0 Å². The number of imide groups is 2. The number of nitrogens with one attached hydrogen (secondary N) is 1. The molecule has 1 saturated heterocycles. The Morgan fingerprint density at radius 3 is 2.44 bits per heavy atom. The van der Waals surface area contributed by atoms with Gasteiger partial charge >= 0.3 is 12.0 Å². The Morgan fingerprint density at radius 1 is 1.00 bits per heavy atom. The normalized spacial score (nSPS) is 14.8. The molecule has 34 heavy (non-hydrogen) atoms. The Bertz CT molecular complexity index is 1330. The molecular formula is C25H17BrN2O6. The third-order valence-electron chi connectivity index (χ3n) is 4.94. The number of benzene rings is 3. The highest BCUT2D eigenvalue weighted by Crippen LogP contribution is 2.25. The van der Waals surface area contributed by atoms with E-state index in [0.717, 1.165) is 4.90 Å². The molecular weight excluding hydrogens is 504 g/mol. The van der Waals surface area contributed by atoms with Gasteiger partial charge in [0.25, 0.3) is 11.8 Å². The lowest BCUT2D eigenvalue weighted by Gasteiger charge is -2.26. The first kappa shape index (κ1) is 22.9. The number of barbiturate groups is 1. The molecule has 0 aliphatic carbocycles. The Hall–Kier alpha value is -4.24. The van der Waals surface area contributed by atoms with Gasteiger partial charge in [-0.25, -0.2) is 14.5 Å². The Balaban J connectivity index is 1.50. The van der Waals surface area contributed by atoms with Crippen molar-refractivity contribution in [1.82, 2.24) is 5.32 Å². The second-order valence-corrected chi connectivity index (χ2v) is 8.22. The van der Waals surface area contributed by atoms with E-state index < -0.39 is 23.8 Å². The summed E-state index contributed by atoms with van der Waals surface area (Å²) in [7, 11) is 0. The maximum Gasteiger partial charge on any atom is 0.335 e. The number of urea groups is 1. The van der Waals surface area contributed by atoms with Gasteiger partial charge in [-0.1, -0.05) is 46.3 Å². The number of carbonyl (C=O) groups is 4. The van der Waals surface area contributed by atoms with E-state index in [0.29, 0.717) is 27.0 Å². The molecule has 4 rings (SSSR count). The van der Waals surface area contributed by atoms with Crippen molar-refractivity contribution in [2.75, 3.05) is 4.90 Å². The Kier molecular flexibility index (Phi) is 6.55. The highest BCUT2D eigenvalue weighted by Gasteiger charge is 2.36. The fourth-order valence-electron chi connectivity index (χ4n) is 3.29. The van der Waals surface area contributed by atoms with Gasteiger partial charge in [-0.05, 0) is 59.7 Å². The minimum Gasteiger partial charge on any atom is -0.489 e. The zero-order valence-electron chi connectivity index (χ0n) is 17.5. The lowest BCUT2D eigenvalue weighted by Crippen LogP contribution is -2.54. The highest BCUT2D eigenvalue weighted by atomic mass is 79.9. The van der Waals surface area contributed by atoms with Crippen molar-refractivity contribution in [3.63, 3.8) is 0 Å². The summed E-state index contributed by atoms with van der Waals surface area (Å²) in [5.74, 6) is -2.00. The summed E-state index contributed by atoms with van der Waals surface area (Å²) in [4.78, 5) is 49.6. The standard InChI is InChI=1S/C25H17BrN2O6/c26-18-5-2-6-19(13-18)28-23(30)21(22(29)27-25(28)33)12-15-7-9-20(10-8-15)34-14-16-3-1-4-17(11-16)24(31)32/h1-13H,14H2,(H,31,32)(H,27,29,33)/b21-12+. The van der Waals surface area contributed by atoms with E-state index in [1.165, 1.54) is 18.2 Å². The van der Waals surface area contributed by atoms with Gasteiger partial charge in [0.1, 0.15) is 17.9 Å². The molecule has 8 nitrogen and oxygen atoms in total. The quantitative estimate of drug-likeness (QED) is 0.368. The number of rotatable bonds is 6. The van der Waals surface area contributed by atoms with Crippen molar-refractivity contribution in [2.45, 2.75) is 6.61 Å². The van der Waals surface area contributed by atoms with E-state index in [9.17, 15) is 19.2 Å². The van der Waals surface area contributed by atoms with E-state index in [1.54, 1.807) is 60.7 Å². The highest BCUT2D eigenvalue weighted by molar-refractivity contribution is 9.10.